The maximum atomic E-state index is 12.2. The molecule has 2 heterocycles. The number of hydrogen-bond acceptors (Lipinski definition) is 7. The van der Waals surface area contributed by atoms with E-state index < -0.39 is 10.8 Å². The van der Waals surface area contributed by atoms with Crippen LogP contribution in [0.25, 0.3) is 10.2 Å². The molecular weight excluding hydrogens is 324 g/mol. The number of rotatable bonds is 5. The van der Waals surface area contributed by atoms with Crippen molar-refractivity contribution >= 4 is 49.0 Å². The Labute approximate surface area is 133 Å². The van der Waals surface area contributed by atoms with Crippen molar-refractivity contribution in [2.45, 2.75) is 11.5 Å². The largest absolute Gasteiger partial charge is 0.353 e. The molecule has 110 valence electrons. The van der Waals surface area contributed by atoms with Crippen LogP contribution in [0.1, 0.15) is 10.8 Å². The summed E-state index contributed by atoms with van der Waals surface area (Å²) in [6.45, 7) is 0. The lowest BCUT2D eigenvalue weighted by Gasteiger charge is -2.04. The molecule has 3 rings (SSSR count). The van der Waals surface area contributed by atoms with Gasteiger partial charge in [-0.3, -0.25) is 4.21 Å². The van der Waals surface area contributed by atoms with Crippen molar-refractivity contribution in [3.63, 3.8) is 0 Å². The molecule has 0 aliphatic rings. The molecule has 2 aromatic heterocycles. The average molecular weight is 338 g/mol. The van der Waals surface area contributed by atoms with Crippen LogP contribution in [0.15, 0.2) is 24.3 Å². The van der Waals surface area contributed by atoms with Gasteiger partial charge in [0.25, 0.3) is 0 Å². The Morgan fingerprint density at radius 1 is 1.19 bits per heavy atom. The third-order valence-electron chi connectivity index (χ3n) is 2.75. The van der Waals surface area contributed by atoms with Crippen molar-refractivity contribution in [2.24, 2.45) is 0 Å². The summed E-state index contributed by atoms with van der Waals surface area (Å²) in [5.41, 5.74) is 0.969. The van der Waals surface area contributed by atoms with Crippen molar-refractivity contribution < 1.29 is 4.21 Å². The topological polar surface area (TPSA) is 59.0 Å². The van der Waals surface area contributed by atoms with Gasteiger partial charge in [-0.2, -0.15) is 4.37 Å². The quantitative estimate of drug-likeness (QED) is 0.716. The molecule has 0 spiro atoms. The zero-order chi connectivity index (χ0) is 14.8. The van der Waals surface area contributed by atoms with Crippen LogP contribution in [0.4, 0.5) is 5.13 Å². The van der Waals surface area contributed by atoms with Crippen LogP contribution in [0.3, 0.4) is 0 Å². The number of anilines is 1. The van der Waals surface area contributed by atoms with Gasteiger partial charge in [0, 0.05) is 36.4 Å². The molecule has 0 fully saturated rings. The Hall–Kier alpha value is -1.38. The number of para-hydroxylation sites is 1. The molecule has 1 atom stereocenters. The number of aromatic nitrogens is 3. The third-order valence-corrected chi connectivity index (χ3v) is 6.07. The average Bonchev–Trinajstić information content (AvgIpc) is 3.04. The molecule has 0 saturated carbocycles. The van der Waals surface area contributed by atoms with Gasteiger partial charge < -0.3 is 4.90 Å². The monoisotopic (exact) mass is 338 g/mol. The van der Waals surface area contributed by atoms with Gasteiger partial charge >= 0.3 is 0 Å². The first-order valence-corrected chi connectivity index (χ1v) is 9.39. The minimum atomic E-state index is -1.04. The van der Waals surface area contributed by atoms with Crippen LogP contribution in [0.5, 0.6) is 0 Å². The lowest BCUT2D eigenvalue weighted by Crippen LogP contribution is -2.08. The summed E-state index contributed by atoms with van der Waals surface area (Å²) in [4.78, 5) is 10.8. The molecule has 21 heavy (non-hydrogen) atoms. The summed E-state index contributed by atoms with van der Waals surface area (Å²) in [6, 6.07) is 7.96. The Balaban J connectivity index is 1.68. The van der Waals surface area contributed by atoms with Gasteiger partial charge in [-0.25, -0.2) is 9.97 Å². The lowest BCUT2D eigenvalue weighted by atomic mass is 10.3. The van der Waals surface area contributed by atoms with E-state index >= 15 is 0 Å². The first-order chi connectivity index (χ1) is 10.1. The lowest BCUT2D eigenvalue weighted by molar-refractivity contribution is 0.681. The molecule has 0 saturated heterocycles. The summed E-state index contributed by atoms with van der Waals surface area (Å²) < 4.78 is 17.6. The van der Waals surface area contributed by atoms with Gasteiger partial charge in [-0.15, -0.1) is 11.3 Å². The Kier molecular flexibility index (Phi) is 4.27. The van der Waals surface area contributed by atoms with Crippen molar-refractivity contribution in [1.82, 2.24) is 14.3 Å². The summed E-state index contributed by atoms with van der Waals surface area (Å²) in [6.07, 6.45) is 0. The first-order valence-electron chi connectivity index (χ1n) is 6.31. The van der Waals surface area contributed by atoms with Gasteiger partial charge in [-0.05, 0) is 12.1 Å². The smallest absolute Gasteiger partial charge is 0.204 e. The van der Waals surface area contributed by atoms with Crippen molar-refractivity contribution in [3.05, 3.63) is 35.1 Å². The molecule has 0 N–H and O–H groups in total. The predicted molar refractivity (Wildman–Crippen MR) is 89.4 cm³/mol. The molecule has 0 bridgehead atoms. The molecule has 1 unspecified atom stereocenters. The van der Waals surface area contributed by atoms with Gasteiger partial charge in [0.15, 0.2) is 5.82 Å². The maximum Gasteiger partial charge on any atom is 0.204 e. The number of fused-ring (bicyclic) bond motifs is 1. The number of nitrogens with zero attached hydrogens (tertiary/aromatic N) is 4. The molecular formula is C13H14N4OS3. The number of thiazole rings is 1. The highest BCUT2D eigenvalue weighted by atomic mass is 32.2. The molecule has 8 heteroatoms. The highest BCUT2D eigenvalue weighted by Crippen LogP contribution is 2.23. The third kappa shape index (κ3) is 3.45. The van der Waals surface area contributed by atoms with E-state index in [2.05, 4.69) is 14.3 Å². The maximum absolute atomic E-state index is 12.2. The van der Waals surface area contributed by atoms with Crippen molar-refractivity contribution in [2.75, 3.05) is 19.0 Å². The molecule has 0 amide bonds. The van der Waals surface area contributed by atoms with Gasteiger partial charge in [0.2, 0.25) is 5.13 Å². The highest BCUT2D eigenvalue weighted by molar-refractivity contribution is 7.83. The molecule has 5 nitrogen and oxygen atoms in total. The van der Waals surface area contributed by atoms with Crippen LogP contribution in [0.2, 0.25) is 0 Å². The van der Waals surface area contributed by atoms with Gasteiger partial charge in [0.1, 0.15) is 5.01 Å². The van der Waals surface area contributed by atoms with Crippen molar-refractivity contribution in [1.29, 1.82) is 0 Å². The number of benzene rings is 1. The zero-order valence-corrected chi connectivity index (χ0v) is 14.1. The van der Waals surface area contributed by atoms with Crippen molar-refractivity contribution in [3.8, 4) is 0 Å². The van der Waals surface area contributed by atoms with E-state index in [1.54, 1.807) is 11.3 Å². The SMILES string of the molecule is CN(C)c1nc(CS(=O)Cc2nc3ccccc3s2)ns1. The van der Waals surface area contributed by atoms with E-state index in [-0.39, 0.29) is 0 Å². The molecule has 3 aromatic rings. The van der Waals surface area contributed by atoms with Gasteiger partial charge in [0.05, 0.1) is 21.7 Å². The summed E-state index contributed by atoms with van der Waals surface area (Å²) in [5, 5.41) is 1.74. The molecule has 0 aliphatic carbocycles. The summed E-state index contributed by atoms with van der Waals surface area (Å²) in [5.74, 6) is 1.47. The van der Waals surface area contributed by atoms with E-state index in [9.17, 15) is 4.21 Å². The molecule has 0 radical (unpaired) electrons. The highest BCUT2D eigenvalue weighted by Gasteiger charge is 2.12. The summed E-state index contributed by atoms with van der Waals surface area (Å²) in [7, 11) is 2.80. The second-order valence-electron chi connectivity index (χ2n) is 4.69. The number of hydrogen-bond donors (Lipinski definition) is 0. The minimum Gasteiger partial charge on any atom is -0.353 e. The second-order valence-corrected chi connectivity index (χ2v) is 7.99. The minimum absolute atomic E-state index is 0.375. The molecule has 0 aliphatic heterocycles. The van der Waals surface area contributed by atoms with Gasteiger partial charge in [-0.1, -0.05) is 12.1 Å². The van der Waals surface area contributed by atoms with Crippen LogP contribution >= 0.6 is 22.9 Å². The fourth-order valence-electron chi connectivity index (χ4n) is 1.80. The second kappa shape index (κ2) is 6.17. The fraction of sp³-hybridized carbons (Fsp3) is 0.308. The van der Waals surface area contributed by atoms with Crippen LogP contribution in [0, 0.1) is 0 Å². The van der Waals surface area contributed by atoms with E-state index in [1.165, 1.54) is 11.5 Å². The first kappa shape index (κ1) is 14.6. The standard InChI is InChI=1S/C13H14N4OS3/c1-17(2)13-15-11(16-20-13)7-21(18)8-12-14-9-5-3-4-6-10(9)19-12/h3-6H,7-8H2,1-2H3. The van der Waals surface area contributed by atoms with Crippen LogP contribution < -0.4 is 4.90 Å². The predicted octanol–water partition coefficient (Wildman–Crippen LogP) is 2.66. The Morgan fingerprint density at radius 2 is 2.00 bits per heavy atom. The van der Waals surface area contributed by atoms with Crippen LogP contribution in [-0.4, -0.2) is 32.6 Å². The van der Waals surface area contributed by atoms with E-state index in [0.717, 1.165) is 20.4 Å². The van der Waals surface area contributed by atoms with E-state index in [1.807, 2.05) is 43.3 Å². The van der Waals surface area contributed by atoms with E-state index in [0.29, 0.717) is 17.3 Å². The normalized spacial score (nSPS) is 12.7. The molecule has 1 aromatic carbocycles. The fourth-order valence-corrected chi connectivity index (χ4v) is 4.73. The van der Waals surface area contributed by atoms with E-state index in [4.69, 9.17) is 0 Å². The Morgan fingerprint density at radius 3 is 2.71 bits per heavy atom. The summed E-state index contributed by atoms with van der Waals surface area (Å²) >= 11 is 2.92. The zero-order valence-electron chi connectivity index (χ0n) is 11.6. The van der Waals surface area contributed by atoms with Crippen LogP contribution in [-0.2, 0) is 22.3 Å². The Bertz CT molecular complexity index is 747.